The Bertz CT molecular complexity index is 435. The number of carbonyl (C=O) groups is 2. The largest absolute Gasteiger partial charge is 0.494 e. The molecule has 1 fully saturated rings. The highest BCUT2D eigenvalue weighted by Gasteiger charge is 2.48. The minimum Gasteiger partial charge on any atom is -0.494 e. The zero-order valence-corrected chi connectivity index (χ0v) is 9.55. The Labute approximate surface area is 99.2 Å². The Hall–Kier alpha value is -1.84. The number of ether oxygens (including phenoxy) is 1. The Morgan fingerprint density at radius 1 is 1.29 bits per heavy atom. The first-order valence-corrected chi connectivity index (χ1v) is 5.63. The smallest absolute Gasteiger partial charge is 0.307 e. The molecule has 1 aromatic rings. The third-order valence-corrected chi connectivity index (χ3v) is 2.89. The third kappa shape index (κ3) is 2.46. The first-order valence-electron chi connectivity index (χ1n) is 5.63. The highest BCUT2D eigenvalue weighted by molar-refractivity contribution is 6.02. The van der Waals surface area contributed by atoms with Crippen molar-refractivity contribution in [1.82, 2.24) is 0 Å². The number of carbonyl (C=O) groups excluding carboxylic acids is 1. The van der Waals surface area contributed by atoms with Crippen LogP contribution in [0.1, 0.15) is 23.7 Å². The lowest BCUT2D eigenvalue weighted by Crippen LogP contribution is -2.08. The van der Waals surface area contributed by atoms with Gasteiger partial charge in [0.1, 0.15) is 5.75 Å². The Morgan fingerprint density at radius 3 is 2.41 bits per heavy atom. The lowest BCUT2D eigenvalue weighted by molar-refractivity contribution is -0.138. The van der Waals surface area contributed by atoms with Crippen molar-refractivity contribution in [1.29, 1.82) is 0 Å². The van der Waals surface area contributed by atoms with Crippen LogP contribution in [0.4, 0.5) is 0 Å². The topological polar surface area (TPSA) is 63.6 Å². The van der Waals surface area contributed by atoms with Crippen LogP contribution in [0.3, 0.4) is 0 Å². The highest BCUT2D eigenvalue weighted by atomic mass is 16.5. The fourth-order valence-corrected chi connectivity index (χ4v) is 1.85. The van der Waals surface area contributed by atoms with Crippen LogP contribution in [0.2, 0.25) is 0 Å². The number of Topliss-reactive ketones (excluding diaryl/α,β-unsaturated/α-hetero) is 1. The zero-order chi connectivity index (χ0) is 12.4. The molecule has 2 atom stereocenters. The van der Waals surface area contributed by atoms with Gasteiger partial charge in [0.05, 0.1) is 12.5 Å². The monoisotopic (exact) mass is 234 g/mol. The van der Waals surface area contributed by atoms with Crippen molar-refractivity contribution in [3.8, 4) is 5.75 Å². The number of hydrogen-bond acceptors (Lipinski definition) is 3. The van der Waals surface area contributed by atoms with E-state index in [0.29, 0.717) is 18.6 Å². The third-order valence-electron chi connectivity index (χ3n) is 2.89. The van der Waals surface area contributed by atoms with Crippen LogP contribution >= 0.6 is 0 Å². The molecule has 17 heavy (non-hydrogen) atoms. The normalized spacial score (nSPS) is 21.9. The maximum Gasteiger partial charge on any atom is 0.307 e. The summed E-state index contributed by atoms with van der Waals surface area (Å²) in [5, 5.41) is 8.76. The number of benzene rings is 1. The molecular formula is C13H14O4. The van der Waals surface area contributed by atoms with E-state index in [1.807, 2.05) is 6.92 Å². The van der Waals surface area contributed by atoms with E-state index in [-0.39, 0.29) is 11.7 Å². The van der Waals surface area contributed by atoms with Crippen LogP contribution in [0.15, 0.2) is 24.3 Å². The second-order valence-electron chi connectivity index (χ2n) is 4.11. The molecule has 1 saturated carbocycles. The second kappa shape index (κ2) is 4.57. The van der Waals surface area contributed by atoms with E-state index >= 15 is 0 Å². The van der Waals surface area contributed by atoms with Gasteiger partial charge >= 0.3 is 5.97 Å². The van der Waals surface area contributed by atoms with Gasteiger partial charge in [-0.2, -0.15) is 0 Å². The van der Waals surface area contributed by atoms with E-state index in [1.54, 1.807) is 24.3 Å². The van der Waals surface area contributed by atoms with Gasteiger partial charge in [0.15, 0.2) is 5.78 Å². The molecule has 1 aliphatic carbocycles. The quantitative estimate of drug-likeness (QED) is 0.791. The predicted molar refractivity (Wildman–Crippen MR) is 61.2 cm³/mol. The predicted octanol–water partition coefficient (Wildman–Crippen LogP) is 1.99. The van der Waals surface area contributed by atoms with E-state index in [2.05, 4.69) is 0 Å². The van der Waals surface area contributed by atoms with Crippen molar-refractivity contribution in [2.45, 2.75) is 13.3 Å². The molecule has 0 saturated heterocycles. The Kier molecular flexibility index (Phi) is 3.13. The van der Waals surface area contributed by atoms with Crippen LogP contribution in [0.5, 0.6) is 5.75 Å². The van der Waals surface area contributed by atoms with Crippen molar-refractivity contribution in [3.05, 3.63) is 29.8 Å². The maximum absolute atomic E-state index is 11.9. The number of carboxylic acid groups (broad SMARTS) is 1. The van der Waals surface area contributed by atoms with E-state index in [9.17, 15) is 9.59 Å². The van der Waals surface area contributed by atoms with Crippen molar-refractivity contribution < 1.29 is 19.4 Å². The molecule has 2 unspecified atom stereocenters. The molecule has 4 heteroatoms. The van der Waals surface area contributed by atoms with E-state index in [0.717, 1.165) is 5.75 Å². The molecular weight excluding hydrogens is 220 g/mol. The standard InChI is InChI=1S/C13H14O4/c1-2-17-9-5-3-8(4-6-9)12(14)10-7-11(10)13(15)16/h3-6,10-11H,2,7H2,1H3,(H,15,16). The minimum atomic E-state index is -0.880. The lowest BCUT2D eigenvalue weighted by Gasteiger charge is -2.03. The average Bonchev–Trinajstić information content (AvgIpc) is 3.09. The first kappa shape index (κ1) is 11.6. The van der Waals surface area contributed by atoms with Gasteiger partial charge in [-0.15, -0.1) is 0 Å². The fraction of sp³-hybridized carbons (Fsp3) is 0.385. The molecule has 0 spiro atoms. The Morgan fingerprint density at radius 2 is 1.94 bits per heavy atom. The summed E-state index contributed by atoms with van der Waals surface area (Å²) in [5.74, 6) is -1.08. The summed E-state index contributed by atoms with van der Waals surface area (Å²) < 4.78 is 5.27. The summed E-state index contributed by atoms with van der Waals surface area (Å²) in [6.07, 6.45) is 0.460. The van der Waals surface area contributed by atoms with Gasteiger partial charge in [-0.25, -0.2) is 0 Å². The van der Waals surface area contributed by atoms with Gasteiger partial charge in [0.2, 0.25) is 0 Å². The van der Waals surface area contributed by atoms with Gasteiger partial charge in [-0.3, -0.25) is 9.59 Å². The van der Waals surface area contributed by atoms with Crippen LogP contribution < -0.4 is 4.74 Å². The summed E-state index contributed by atoms with van der Waals surface area (Å²) in [5.41, 5.74) is 0.558. The number of ketones is 1. The van der Waals surface area contributed by atoms with Crippen LogP contribution in [0.25, 0.3) is 0 Å². The second-order valence-corrected chi connectivity index (χ2v) is 4.11. The van der Waals surface area contributed by atoms with Crippen molar-refractivity contribution in [3.63, 3.8) is 0 Å². The molecule has 1 aliphatic rings. The first-order chi connectivity index (χ1) is 8.13. The summed E-state index contributed by atoms with van der Waals surface area (Å²) >= 11 is 0. The molecule has 1 aromatic carbocycles. The number of hydrogen-bond donors (Lipinski definition) is 1. The molecule has 0 amide bonds. The average molecular weight is 234 g/mol. The molecule has 2 rings (SSSR count). The molecule has 0 radical (unpaired) electrons. The highest BCUT2D eigenvalue weighted by Crippen LogP contribution is 2.41. The van der Waals surface area contributed by atoms with Gasteiger partial charge < -0.3 is 9.84 Å². The summed E-state index contributed by atoms with van der Waals surface area (Å²) in [6.45, 7) is 2.47. The van der Waals surface area contributed by atoms with Gasteiger partial charge in [0, 0.05) is 11.5 Å². The van der Waals surface area contributed by atoms with Gasteiger partial charge in [-0.05, 0) is 37.6 Å². The molecule has 1 N–H and O–H groups in total. The zero-order valence-electron chi connectivity index (χ0n) is 9.55. The number of rotatable bonds is 5. The molecule has 4 nitrogen and oxygen atoms in total. The summed E-state index contributed by atoms with van der Waals surface area (Å²) in [6, 6.07) is 6.83. The van der Waals surface area contributed by atoms with Crippen molar-refractivity contribution in [2.24, 2.45) is 11.8 Å². The number of carboxylic acids is 1. The molecule has 0 aromatic heterocycles. The molecule has 0 aliphatic heterocycles. The molecule has 90 valence electrons. The van der Waals surface area contributed by atoms with E-state index < -0.39 is 11.9 Å². The van der Waals surface area contributed by atoms with Crippen molar-refractivity contribution in [2.75, 3.05) is 6.61 Å². The minimum absolute atomic E-state index is 0.0829. The SMILES string of the molecule is CCOc1ccc(C(=O)C2CC2C(=O)O)cc1. The lowest BCUT2D eigenvalue weighted by atomic mass is 10.1. The molecule has 0 heterocycles. The van der Waals surface area contributed by atoms with Crippen molar-refractivity contribution >= 4 is 11.8 Å². The van der Waals surface area contributed by atoms with Gasteiger partial charge in [-0.1, -0.05) is 0 Å². The Balaban J connectivity index is 2.03. The molecule has 0 bridgehead atoms. The van der Waals surface area contributed by atoms with Gasteiger partial charge in [0.25, 0.3) is 0 Å². The van der Waals surface area contributed by atoms with E-state index in [1.165, 1.54) is 0 Å². The van der Waals surface area contributed by atoms with Crippen LogP contribution in [0, 0.1) is 11.8 Å². The number of aliphatic carboxylic acids is 1. The van der Waals surface area contributed by atoms with E-state index in [4.69, 9.17) is 9.84 Å². The summed E-state index contributed by atoms with van der Waals surface area (Å²) in [7, 11) is 0. The van der Waals surface area contributed by atoms with Crippen LogP contribution in [-0.2, 0) is 4.79 Å². The summed E-state index contributed by atoms with van der Waals surface area (Å²) in [4.78, 5) is 22.6. The fourth-order valence-electron chi connectivity index (χ4n) is 1.85. The van der Waals surface area contributed by atoms with Crippen LogP contribution in [-0.4, -0.2) is 23.5 Å². The maximum atomic E-state index is 11.9.